The number of amides is 1. The van der Waals surface area contributed by atoms with Gasteiger partial charge in [0.1, 0.15) is 11.6 Å². The molecule has 154 valence electrons. The number of methoxy groups -OCH3 is 2. The van der Waals surface area contributed by atoms with E-state index in [9.17, 15) is 19.2 Å². The van der Waals surface area contributed by atoms with Crippen molar-refractivity contribution in [3.63, 3.8) is 0 Å². The van der Waals surface area contributed by atoms with Crippen molar-refractivity contribution >= 4 is 23.8 Å². The molecule has 0 aliphatic carbocycles. The van der Waals surface area contributed by atoms with Gasteiger partial charge >= 0.3 is 17.9 Å². The molecule has 1 aromatic carbocycles. The van der Waals surface area contributed by atoms with E-state index >= 15 is 0 Å². The Labute approximate surface area is 164 Å². The van der Waals surface area contributed by atoms with E-state index in [2.05, 4.69) is 10.1 Å². The van der Waals surface area contributed by atoms with E-state index in [4.69, 9.17) is 9.47 Å². The highest BCUT2D eigenvalue weighted by molar-refractivity contribution is 5.90. The maximum absolute atomic E-state index is 12.1. The fraction of sp³-hybridized carbons (Fsp3) is 0.500. The molecule has 1 rings (SSSR count). The standard InChI is InChI=1S/C20H27NO7/c1-20(2,3)28-18(24)14-8-6-13(7-9-14)12-15(19(25)27-5)21-16(22)10-11-17(23)26-4/h6-9,15H,10-12H2,1-5H3,(H,21,22)/t15-/m1/s1. The molecule has 8 nitrogen and oxygen atoms in total. The van der Waals surface area contributed by atoms with E-state index in [-0.39, 0.29) is 19.3 Å². The van der Waals surface area contributed by atoms with Gasteiger partial charge in [-0.3, -0.25) is 9.59 Å². The van der Waals surface area contributed by atoms with Crippen molar-refractivity contribution in [1.82, 2.24) is 5.32 Å². The van der Waals surface area contributed by atoms with Gasteiger partial charge in [0.2, 0.25) is 5.91 Å². The van der Waals surface area contributed by atoms with Gasteiger partial charge in [0.15, 0.2) is 0 Å². The van der Waals surface area contributed by atoms with E-state index in [1.807, 2.05) is 0 Å². The number of carbonyl (C=O) groups is 4. The van der Waals surface area contributed by atoms with Gasteiger partial charge in [-0.15, -0.1) is 0 Å². The molecule has 0 fully saturated rings. The molecule has 0 radical (unpaired) electrons. The van der Waals surface area contributed by atoms with Crippen molar-refractivity contribution < 1.29 is 33.4 Å². The number of rotatable bonds is 8. The second-order valence-electron chi connectivity index (χ2n) is 7.12. The Morgan fingerprint density at radius 2 is 1.57 bits per heavy atom. The van der Waals surface area contributed by atoms with Crippen LogP contribution in [0.15, 0.2) is 24.3 Å². The summed E-state index contributed by atoms with van der Waals surface area (Å²) >= 11 is 0. The lowest BCUT2D eigenvalue weighted by molar-refractivity contribution is -0.145. The summed E-state index contributed by atoms with van der Waals surface area (Å²) in [5, 5.41) is 2.55. The van der Waals surface area contributed by atoms with Crippen LogP contribution in [-0.4, -0.2) is 49.7 Å². The molecule has 0 spiro atoms. The molecule has 0 aromatic heterocycles. The molecule has 1 aromatic rings. The summed E-state index contributed by atoms with van der Waals surface area (Å²) in [6.45, 7) is 5.34. The van der Waals surface area contributed by atoms with Crippen LogP contribution in [0, 0.1) is 0 Å². The van der Waals surface area contributed by atoms with E-state index in [1.165, 1.54) is 14.2 Å². The van der Waals surface area contributed by atoms with Crippen LogP contribution in [0.2, 0.25) is 0 Å². The predicted molar refractivity (Wildman–Crippen MR) is 101 cm³/mol. The average molecular weight is 393 g/mol. The first-order chi connectivity index (χ1) is 13.1. The first-order valence-electron chi connectivity index (χ1n) is 8.82. The molecule has 1 N–H and O–H groups in total. The summed E-state index contributed by atoms with van der Waals surface area (Å²) in [5.74, 6) is -2.03. The lowest BCUT2D eigenvalue weighted by Gasteiger charge is -2.19. The molecular formula is C20H27NO7. The molecule has 8 heteroatoms. The Bertz CT molecular complexity index is 704. The van der Waals surface area contributed by atoms with Crippen molar-refractivity contribution in [2.45, 2.75) is 51.7 Å². The lowest BCUT2D eigenvalue weighted by Crippen LogP contribution is -2.43. The smallest absolute Gasteiger partial charge is 0.338 e. The zero-order chi connectivity index (χ0) is 21.3. The van der Waals surface area contributed by atoms with E-state index in [1.54, 1.807) is 45.0 Å². The minimum Gasteiger partial charge on any atom is -0.469 e. The van der Waals surface area contributed by atoms with Crippen LogP contribution in [-0.2, 0) is 35.0 Å². The van der Waals surface area contributed by atoms with Crippen molar-refractivity contribution in [2.75, 3.05) is 14.2 Å². The number of benzene rings is 1. The monoisotopic (exact) mass is 393 g/mol. The maximum Gasteiger partial charge on any atom is 0.338 e. The zero-order valence-corrected chi connectivity index (χ0v) is 16.9. The Hall–Kier alpha value is -2.90. The van der Waals surface area contributed by atoms with Crippen molar-refractivity contribution in [3.8, 4) is 0 Å². The third-order valence-corrected chi connectivity index (χ3v) is 3.63. The van der Waals surface area contributed by atoms with Gasteiger partial charge in [-0.25, -0.2) is 9.59 Å². The van der Waals surface area contributed by atoms with E-state index < -0.39 is 35.5 Å². The third kappa shape index (κ3) is 8.20. The number of nitrogens with one attached hydrogen (secondary N) is 1. The molecule has 28 heavy (non-hydrogen) atoms. The van der Waals surface area contributed by atoms with Crippen molar-refractivity contribution in [1.29, 1.82) is 0 Å². The first kappa shape index (κ1) is 23.1. The maximum atomic E-state index is 12.1. The topological polar surface area (TPSA) is 108 Å². The van der Waals surface area contributed by atoms with Crippen molar-refractivity contribution in [3.05, 3.63) is 35.4 Å². The van der Waals surface area contributed by atoms with Gasteiger partial charge in [-0.1, -0.05) is 12.1 Å². The second kappa shape index (κ2) is 10.4. The summed E-state index contributed by atoms with van der Waals surface area (Å²) in [5.41, 5.74) is 0.506. The highest BCUT2D eigenvalue weighted by atomic mass is 16.6. The quantitative estimate of drug-likeness (QED) is 0.530. The van der Waals surface area contributed by atoms with Crippen LogP contribution >= 0.6 is 0 Å². The molecule has 0 heterocycles. The Kier molecular flexibility index (Phi) is 8.63. The highest BCUT2D eigenvalue weighted by Gasteiger charge is 2.23. The Balaban J connectivity index is 2.76. The number of ether oxygens (including phenoxy) is 3. The van der Waals surface area contributed by atoms with Gasteiger partial charge in [-0.2, -0.15) is 0 Å². The Morgan fingerprint density at radius 1 is 0.964 bits per heavy atom. The normalized spacial score (nSPS) is 11.9. The summed E-state index contributed by atoms with van der Waals surface area (Å²) in [7, 11) is 2.46. The van der Waals surface area contributed by atoms with Crippen LogP contribution in [0.3, 0.4) is 0 Å². The molecule has 0 saturated heterocycles. The van der Waals surface area contributed by atoms with Gasteiger partial charge in [0.05, 0.1) is 26.2 Å². The minimum atomic E-state index is -0.914. The van der Waals surface area contributed by atoms with Crippen LogP contribution in [0.25, 0.3) is 0 Å². The summed E-state index contributed by atoms with van der Waals surface area (Å²) in [6, 6.07) is 5.63. The summed E-state index contributed by atoms with van der Waals surface area (Å²) in [4.78, 5) is 47.1. The SMILES string of the molecule is COC(=O)CCC(=O)N[C@H](Cc1ccc(C(=O)OC(C)(C)C)cc1)C(=O)OC. The fourth-order valence-corrected chi connectivity index (χ4v) is 2.27. The summed E-state index contributed by atoms with van der Waals surface area (Å²) in [6.07, 6.45) is -0.0101. The minimum absolute atomic E-state index is 0.0825. The van der Waals surface area contributed by atoms with Gasteiger partial charge in [-0.05, 0) is 38.5 Å². The molecule has 0 aliphatic heterocycles. The molecule has 1 amide bonds. The van der Waals surface area contributed by atoms with Gasteiger partial charge in [0.25, 0.3) is 0 Å². The fourth-order valence-electron chi connectivity index (χ4n) is 2.27. The van der Waals surface area contributed by atoms with E-state index in [0.717, 1.165) is 5.56 Å². The predicted octanol–water partition coefficient (Wildman–Crippen LogP) is 1.80. The Morgan fingerprint density at radius 3 is 2.07 bits per heavy atom. The number of esters is 3. The molecule has 0 unspecified atom stereocenters. The molecular weight excluding hydrogens is 366 g/mol. The highest BCUT2D eigenvalue weighted by Crippen LogP contribution is 2.14. The summed E-state index contributed by atoms with van der Waals surface area (Å²) < 4.78 is 14.5. The third-order valence-electron chi connectivity index (χ3n) is 3.63. The molecule has 0 bridgehead atoms. The number of hydrogen-bond donors (Lipinski definition) is 1. The number of carbonyl (C=O) groups excluding carboxylic acids is 4. The van der Waals surface area contributed by atoms with Gasteiger partial charge < -0.3 is 19.5 Å². The average Bonchev–Trinajstić information content (AvgIpc) is 2.64. The second-order valence-corrected chi connectivity index (χ2v) is 7.12. The largest absolute Gasteiger partial charge is 0.469 e. The van der Waals surface area contributed by atoms with Crippen molar-refractivity contribution in [2.24, 2.45) is 0 Å². The molecule has 1 atom stereocenters. The number of hydrogen-bond acceptors (Lipinski definition) is 7. The zero-order valence-electron chi connectivity index (χ0n) is 16.9. The first-order valence-corrected chi connectivity index (χ1v) is 8.82. The molecule has 0 saturated carbocycles. The lowest BCUT2D eigenvalue weighted by atomic mass is 10.0. The van der Waals surface area contributed by atoms with Crippen LogP contribution in [0.5, 0.6) is 0 Å². The van der Waals surface area contributed by atoms with Gasteiger partial charge in [0, 0.05) is 12.8 Å². The van der Waals surface area contributed by atoms with E-state index in [0.29, 0.717) is 5.56 Å². The van der Waals surface area contributed by atoms with Crippen LogP contribution < -0.4 is 5.32 Å². The molecule has 0 aliphatic rings. The van der Waals surface area contributed by atoms with Crippen LogP contribution in [0.4, 0.5) is 0 Å². The van der Waals surface area contributed by atoms with Crippen LogP contribution in [0.1, 0.15) is 49.5 Å².